The van der Waals surface area contributed by atoms with Crippen LogP contribution in [-0.4, -0.2) is 56.0 Å². The second-order valence-corrected chi connectivity index (χ2v) is 8.78. The quantitative estimate of drug-likeness (QED) is 0.272. The van der Waals surface area contributed by atoms with Gasteiger partial charge in [-0.2, -0.15) is 0 Å². The van der Waals surface area contributed by atoms with Gasteiger partial charge in [-0.25, -0.2) is 9.78 Å². The molecule has 12 heteroatoms. The van der Waals surface area contributed by atoms with Gasteiger partial charge in [0.25, 0.3) is 0 Å². The van der Waals surface area contributed by atoms with Gasteiger partial charge in [-0.3, -0.25) is 25.8 Å². The van der Waals surface area contributed by atoms with E-state index in [9.17, 15) is 9.90 Å². The van der Waals surface area contributed by atoms with Crippen LogP contribution in [0.4, 0.5) is 0 Å². The van der Waals surface area contributed by atoms with Crippen molar-refractivity contribution in [1.29, 1.82) is 10.8 Å². The van der Waals surface area contributed by atoms with Crippen molar-refractivity contribution >= 4 is 29.1 Å². The molecular formula is C24H18N6O5S. The Morgan fingerprint density at radius 3 is 2.36 bits per heavy atom. The fourth-order valence-corrected chi connectivity index (χ4v) is 4.44. The number of rotatable bonds is 5. The minimum absolute atomic E-state index is 0.000943. The molecule has 5 heterocycles. The molecule has 0 radical (unpaired) electrons. The molecule has 5 rings (SSSR count). The van der Waals surface area contributed by atoms with Gasteiger partial charge >= 0.3 is 5.97 Å². The van der Waals surface area contributed by atoms with Gasteiger partial charge in [0.1, 0.15) is 23.8 Å². The number of aromatic carboxylic acids is 1. The van der Waals surface area contributed by atoms with E-state index in [0.717, 1.165) is 4.88 Å². The van der Waals surface area contributed by atoms with Crippen molar-refractivity contribution in [2.75, 3.05) is 13.2 Å². The zero-order valence-corrected chi connectivity index (χ0v) is 19.6. The van der Waals surface area contributed by atoms with E-state index in [2.05, 4.69) is 19.9 Å². The molecule has 0 saturated carbocycles. The number of carboxylic acid groups (broad SMARTS) is 1. The first-order valence-electron chi connectivity index (χ1n) is 10.6. The van der Waals surface area contributed by atoms with Crippen LogP contribution in [0.5, 0.6) is 11.5 Å². The van der Waals surface area contributed by atoms with Crippen molar-refractivity contribution in [3.63, 3.8) is 0 Å². The summed E-state index contributed by atoms with van der Waals surface area (Å²) in [5.74, 6) is -0.623. The van der Waals surface area contributed by atoms with Crippen LogP contribution in [0.15, 0.2) is 49.1 Å². The monoisotopic (exact) mass is 502 g/mol. The van der Waals surface area contributed by atoms with Gasteiger partial charge in [-0.1, -0.05) is 0 Å². The molecule has 0 amide bonds. The number of aromatic nitrogens is 4. The van der Waals surface area contributed by atoms with Gasteiger partial charge in [-0.15, -0.1) is 11.3 Å². The van der Waals surface area contributed by atoms with E-state index in [1.165, 1.54) is 48.3 Å². The number of hydrogen-bond acceptors (Lipinski definition) is 11. The highest BCUT2D eigenvalue weighted by molar-refractivity contribution is 7.14. The van der Waals surface area contributed by atoms with Crippen LogP contribution < -0.4 is 9.47 Å². The molecule has 0 atom stereocenters. The number of pyridine rings is 2. The van der Waals surface area contributed by atoms with E-state index in [1.54, 1.807) is 12.1 Å². The highest BCUT2D eigenvalue weighted by Gasteiger charge is 2.26. The molecular weight excluding hydrogens is 484 g/mol. The third-order valence-electron chi connectivity index (χ3n) is 5.16. The lowest BCUT2D eigenvalue weighted by Gasteiger charge is -2.17. The first-order valence-corrected chi connectivity index (χ1v) is 11.4. The Morgan fingerprint density at radius 1 is 0.944 bits per heavy atom. The number of carbonyl (C=O) groups is 1. The Balaban J connectivity index is 1.44. The number of nitrogens with one attached hydrogen (secondary N) is 2. The Labute approximate surface area is 208 Å². The largest absolute Gasteiger partial charge is 0.485 e. The molecule has 0 saturated heterocycles. The van der Waals surface area contributed by atoms with Crippen LogP contribution in [0.25, 0.3) is 22.8 Å². The lowest BCUT2D eigenvalue weighted by atomic mass is 10.1. The first-order chi connectivity index (χ1) is 17.4. The van der Waals surface area contributed by atoms with Crippen LogP contribution in [0.2, 0.25) is 0 Å². The Hall–Kier alpha value is -4.71. The molecule has 0 spiro atoms. The molecule has 0 aliphatic carbocycles. The minimum Gasteiger partial charge on any atom is -0.485 e. The summed E-state index contributed by atoms with van der Waals surface area (Å²) >= 11 is 1.29. The molecule has 3 N–H and O–H groups in total. The predicted octanol–water partition coefficient (Wildman–Crippen LogP) is 3.81. The third-order valence-corrected chi connectivity index (χ3v) is 6.22. The van der Waals surface area contributed by atoms with Crippen molar-refractivity contribution in [2.24, 2.45) is 0 Å². The second kappa shape index (κ2) is 9.50. The number of hydrogen-bond donors (Lipinski definition) is 3. The van der Waals surface area contributed by atoms with Crippen molar-refractivity contribution in [3.05, 3.63) is 69.9 Å². The smallest absolute Gasteiger partial charge is 0.335 e. The second-order valence-electron chi connectivity index (χ2n) is 7.55. The van der Waals surface area contributed by atoms with E-state index in [0.29, 0.717) is 52.2 Å². The normalized spacial score (nSPS) is 12.1. The minimum atomic E-state index is -1.13. The maximum absolute atomic E-state index is 11.7. The van der Waals surface area contributed by atoms with Crippen LogP contribution in [0.3, 0.4) is 0 Å². The van der Waals surface area contributed by atoms with Gasteiger partial charge in [0, 0.05) is 29.0 Å². The van der Waals surface area contributed by atoms with Gasteiger partial charge in [-0.05, 0) is 31.2 Å². The molecule has 1 aliphatic rings. The molecule has 0 bridgehead atoms. The summed E-state index contributed by atoms with van der Waals surface area (Å²) in [5, 5.41) is 26.4. The summed E-state index contributed by atoms with van der Waals surface area (Å²) in [4.78, 5) is 30.0. The number of fused-ring (bicyclic) bond motifs is 1. The fraction of sp³-hybridized carbons (Fsp3) is 0.125. The summed E-state index contributed by atoms with van der Waals surface area (Å²) in [7, 11) is 0. The van der Waals surface area contributed by atoms with Gasteiger partial charge < -0.3 is 19.3 Å². The van der Waals surface area contributed by atoms with Crippen molar-refractivity contribution in [2.45, 2.75) is 6.92 Å². The lowest BCUT2D eigenvalue weighted by molar-refractivity contribution is 0.0697. The predicted molar refractivity (Wildman–Crippen MR) is 130 cm³/mol. The number of aryl methyl sites for hydroxylation is 1. The molecule has 11 nitrogen and oxygen atoms in total. The Kier molecular flexibility index (Phi) is 6.09. The zero-order chi connectivity index (χ0) is 25.2. The SMILES string of the molecule is Cc1sc(C(=N)OC(=N)c2ccnc(-c3cc(C(=O)O)cc(-c4cnccn4)n3)c2)c2c1OCCO2. The molecule has 0 unspecified atom stereocenters. The van der Waals surface area contributed by atoms with Crippen LogP contribution in [0, 0.1) is 17.7 Å². The molecule has 0 fully saturated rings. The summed E-state index contributed by atoms with van der Waals surface area (Å²) in [5.41, 5.74) is 1.64. The summed E-state index contributed by atoms with van der Waals surface area (Å²) in [6.07, 6.45) is 5.93. The fourth-order valence-electron chi connectivity index (χ4n) is 3.51. The molecule has 4 aromatic rings. The van der Waals surface area contributed by atoms with Crippen molar-refractivity contribution in [3.8, 4) is 34.3 Å². The third kappa shape index (κ3) is 4.49. The maximum Gasteiger partial charge on any atom is 0.335 e. The molecule has 180 valence electrons. The number of carboxylic acids is 1. The van der Waals surface area contributed by atoms with Crippen molar-refractivity contribution < 1.29 is 24.1 Å². The molecule has 4 aromatic heterocycles. The Bertz CT molecular complexity index is 1500. The number of thiophene rings is 1. The van der Waals surface area contributed by atoms with E-state index >= 15 is 0 Å². The van der Waals surface area contributed by atoms with Crippen LogP contribution in [0.1, 0.15) is 25.7 Å². The average molecular weight is 503 g/mol. The van der Waals surface area contributed by atoms with Gasteiger partial charge in [0.05, 0.1) is 28.8 Å². The van der Waals surface area contributed by atoms with Crippen LogP contribution in [-0.2, 0) is 4.74 Å². The maximum atomic E-state index is 11.7. The molecule has 36 heavy (non-hydrogen) atoms. The standard InChI is InChI=1S/C24H18N6O5S/c1-12-19-20(34-7-6-33-19)21(36-12)23(26)35-22(25)13-2-3-28-15(8-13)16-9-14(24(31)32)10-17(30-16)18-11-27-4-5-29-18/h2-5,8-11,25-26H,6-7H2,1H3,(H,31,32). The zero-order valence-electron chi connectivity index (χ0n) is 18.8. The highest BCUT2D eigenvalue weighted by atomic mass is 32.1. The average Bonchev–Trinajstić information content (AvgIpc) is 3.25. The van der Waals surface area contributed by atoms with Gasteiger partial charge in [0.15, 0.2) is 11.5 Å². The molecule has 0 aromatic carbocycles. The summed E-state index contributed by atoms with van der Waals surface area (Å²) in [6, 6.07) is 5.89. The van der Waals surface area contributed by atoms with E-state index in [4.69, 9.17) is 25.0 Å². The van der Waals surface area contributed by atoms with E-state index < -0.39 is 5.97 Å². The lowest BCUT2D eigenvalue weighted by Crippen LogP contribution is -2.17. The number of ether oxygens (including phenoxy) is 3. The van der Waals surface area contributed by atoms with Crippen LogP contribution >= 0.6 is 11.3 Å². The molecule has 1 aliphatic heterocycles. The summed E-state index contributed by atoms with van der Waals surface area (Å²) in [6.45, 7) is 2.67. The highest BCUT2D eigenvalue weighted by Crippen LogP contribution is 2.43. The number of nitrogens with zero attached hydrogens (tertiary/aromatic N) is 4. The topological polar surface area (TPSA) is 164 Å². The van der Waals surface area contributed by atoms with E-state index in [-0.39, 0.29) is 23.1 Å². The van der Waals surface area contributed by atoms with E-state index in [1.807, 2.05) is 6.92 Å². The first kappa shape index (κ1) is 23.1. The summed E-state index contributed by atoms with van der Waals surface area (Å²) < 4.78 is 16.8. The Morgan fingerprint density at radius 2 is 1.64 bits per heavy atom. The van der Waals surface area contributed by atoms with Crippen molar-refractivity contribution in [1.82, 2.24) is 19.9 Å². The van der Waals surface area contributed by atoms with Gasteiger partial charge in [0.2, 0.25) is 11.8 Å².